The molecule has 8 nitrogen and oxygen atoms in total. The second-order valence-corrected chi connectivity index (χ2v) is 6.96. The Morgan fingerprint density at radius 1 is 1.29 bits per heavy atom. The van der Waals surface area contributed by atoms with Crippen LogP contribution in [0.1, 0.15) is 12.8 Å². The van der Waals surface area contributed by atoms with Gasteiger partial charge in [0.05, 0.1) is 15.7 Å². The average Bonchev–Trinajstić information content (AvgIpc) is 3.39. The summed E-state index contributed by atoms with van der Waals surface area (Å²) >= 11 is 0. The molecule has 0 spiro atoms. The van der Waals surface area contributed by atoms with E-state index in [1.165, 1.54) is 6.20 Å². The van der Waals surface area contributed by atoms with E-state index in [4.69, 9.17) is 0 Å². The van der Waals surface area contributed by atoms with E-state index in [9.17, 15) is 14.3 Å². The fourth-order valence-corrected chi connectivity index (χ4v) is 3.05. The standard InChI is InChI=1S/C15H17N5O3S/c21-20(22)13-10-17-15(19-14(13)18-11-6-7-11)16-8-9-24(23)12-4-2-1-3-5-12/h1-5,10-11H,6-9H2,(H2,16,17,18,19)/t24-/m1/s1. The van der Waals surface area contributed by atoms with Crippen LogP contribution < -0.4 is 10.6 Å². The minimum Gasteiger partial charge on any atom is -0.361 e. The van der Waals surface area contributed by atoms with Crippen LogP contribution in [-0.2, 0) is 10.8 Å². The van der Waals surface area contributed by atoms with Gasteiger partial charge in [-0.15, -0.1) is 0 Å². The zero-order valence-electron chi connectivity index (χ0n) is 12.8. The molecule has 24 heavy (non-hydrogen) atoms. The highest BCUT2D eigenvalue weighted by atomic mass is 32.2. The molecule has 1 aliphatic carbocycles. The van der Waals surface area contributed by atoms with Crippen LogP contribution in [0.5, 0.6) is 0 Å². The molecular weight excluding hydrogens is 330 g/mol. The summed E-state index contributed by atoms with van der Waals surface area (Å²) in [5, 5.41) is 17.0. The first-order valence-corrected chi connectivity index (χ1v) is 8.90. The van der Waals surface area contributed by atoms with Crippen LogP contribution in [0.25, 0.3) is 0 Å². The Hall–Kier alpha value is -2.55. The van der Waals surface area contributed by atoms with Gasteiger partial charge in [-0.1, -0.05) is 18.2 Å². The normalized spacial score (nSPS) is 14.8. The first-order valence-electron chi connectivity index (χ1n) is 7.59. The molecule has 3 rings (SSSR count). The van der Waals surface area contributed by atoms with Crippen molar-refractivity contribution in [2.24, 2.45) is 0 Å². The molecule has 2 aromatic rings. The maximum atomic E-state index is 12.1. The van der Waals surface area contributed by atoms with E-state index in [1.54, 1.807) is 0 Å². The van der Waals surface area contributed by atoms with Gasteiger partial charge < -0.3 is 10.6 Å². The number of nitrogens with zero attached hydrogens (tertiary/aromatic N) is 3. The Labute approximate surface area is 141 Å². The van der Waals surface area contributed by atoms with Crippen LogP contribution in [0, 0.1) is 10.1 Å². The number of benzene rings is 1. The molecular formula is C15H17N5O3S. The third-order valence-corrected chi connectivity index (χ3v) is 4.83. The highest BCUT2D eigenvalue weighted by molar-refractivity contribution is 7.85. The topological polar surface area (TPSA) is 110 Å². The van der Waals surface area contributed by atoms with Crippen LogP contribution in [-0.4, -0.2) is 37.4 Å². The van der Waals surface area contributed by atoms with Crippen LogP contribution in [0.4, 0.5) is 17.5 Å². The van der Waals surface area contributed by atoms with Crippen LogP contribution in [0.15, 0.2) is 41.4 Å². The smallest absolute Gasteiger partial charge is 0.329 e. The van der Waals surface area contributed by atoms with Crippen molar-refractivity contribution in [3.05, 3.63) is 46.6 Å². The highest BCUT2D eigenvalue weighted by Gasteiger charge is 2.26. The zero-order valence-corrected chi connectivity index (χ0v) is 13.7. The fraction of sp³-hybridized carbons (Fsp3) is 0.333. The molecule has 1 fully saturated rings. The lowest BCUT2D eigenvalue weighted by Crippen LogP contribution is -2.14. The Morgan fingerprint density at radius 2 is 2.04 bits per heavy atom. The number of nitrogens with one attached hydrogen (secondary N) is 2. The molecule has 0 aliphatic heterocycles. The molecule has 1 aromatic heterocycles. The van der Waals surface area contributed by atoms with E-state index in [2.05, 4.69) is 20.6 Å². The van der Waals surface area contributed by atoms with Crippen molar-refractivity contribution in [3.8, 4) is 0 Å². The van der Waals surface area contributed by atoms with Gasteiger partial charge in [-0.3, -0.25) is 14.3 Å². The molecule has 1 heterocycles. The molecule has 126 valence electrons. The summed E-state index contributed by atoms with van der Waals surface area (Å²) in [4.78, 5) is 19.4. The summed E-state index contributed by atoms with van der Waals surface area (Å²) in [7, 11) is -1.12. The van der Waals surface area contributed by atoms with Gasteiger partial charge in [0.25, 0.3) is 0 Å². The van der Waals surface area contributed by atoms with Crippen molar-refractivity contribution in [2.45, 2.75) is 23.8 Å². The molecule has 0 radical (unpaired) electrons. The molecule has 0 bridgehead atoms. The molecule has 0 amide bonds. The van der Waals surface area contributed by atoms with Gasteiger partial charge in [-0.2, -0.15) is 4.98 Å². The third kappa shape index (κ3) is 4.25. The molecule has 9 heteroatoms. The highest BCUT2D eigenvalue weighted by Crippen LogP contribution is 2.29. The molecule has 1 aromatic carbocycles. The third-order valence-electron chi connectivity index (χ3n) is 3.46. The minimum atomic E-state index is -1.12. The average molecular weight is 347 g/mol. The van der Waals surface area contributed by atoms with Gasteiger partial charge in [0.2, 0.25) is 11.8 Å². The number of nitro groups is 1. The van der Waals surface area contributed by atoms with Crippen molar-refractivity contribution in [2.75, 3.05) is 22.9 Å². The quantitative estimate of drug-likeness (QED) is 0.556. The van der Waals surface area contributed by atoms with E-state index in [1.807, 2.05) is 30.3 Å². The zero-order chi connectivity index (χ0) is 16.9. The van der Waals surface area contributed by atoms with Gasteiger partial charge in [-0.25, -0.2) is 4.98 Å². The summed E-state index contributed by atoms with van der Waals surface area (Å²) in [6, 6.07) is 9.44. The summed E-state index contributed by atoms with van der Waals surface area (Å²) in [5.74, 6) is 0.911. The monoisotopic (exact) mass is 347 g/mol. The Balaban J connectivity index is 1.60. The predicted molar refractivity (Wildman–Crippen MR) is 91.5 cm³/mol. The number of anilines is 2. The van der Waals surface area contributed by atoms with Crippen LogP contribution in [0.3, 0.4) is 0 Å². The maximum absolute atomic E-state index is 12.1. The van der Waals surface area contributed by atoms with E-state index >= 15 is 0 Å². The van der Waals surface area contributed by atoms with Crippen molar-refractivity contribution < 1.29 is 9.13 Å². The lowest BCUT2D eigenvalue weighted by Gasteiger charge is -2.08. The number of rotatable bonds is 8. The van der Waals surface area contributed by atoms with Crippen molar-refractivity contribution in [1.82, 2.24) is 9.97 Å². The molecule has 2 N–H and O–H groups in total. The maximum Gasteiger partial charge on any atom is 0.329 e. The minimum absolute atomic E-state index is 0.139. The summed E-state index contributed by atoms with van der Waals surface area (Å²) < 4.78 is 12.1. The molecule has 1 aliphatic rings. The number of aromatic nitrogens is 2. The van der Waals surface area contributed by atoms with Gasteiger partial charge in [0.15, 0.2) is 0 Å². The second kappa shape index (κ2) is 7.35. The lowest BCUT2D eigenvalue weighted by molar-refractivity contribution is -0.384. The number of hydrogen-bond donors (Lipinski definition) is 2. The summed E-state index contributed by atoms with van der Waals surface area (Å²) in [6.07, 6.45) is 3.16. The Kier molecular flexibility index (Phi) is 4.99. The predicted octanol–water partition coefficient (Wildman–Crippen LogP) is 2.18. The molecule has 0 unspecified atom stereocenters. The van der Waals surface area contributed by atoms with E-state index in [-0.39, 0.29) is 23.5 Å². The van der Waals surface area contributed by atoms with Gasteiger partial charge >= 0.3 is 5.69 Å². The van der Waals surface area contributed by atoms with Crippen molar-refractivity contribution >= 4 is 28.3 Å². The SMILES string of the molecule is O=[N+]([O-])c1cnc(NCC[S@@](=O)c2ccccc2)nc1NC1CC1. The Morgan fingerprint density at radius 3 is 2.71 bits per heavy atom. The molecule has 1 atom stereocenters. The largest absolute Gasteiger partial charge is 0.361 e. The first kappa shape index (κ1) is 16.3. The first-order chi connectivity index (χ1) is 11.6. The van der Waals surface area contributed by atoms with E-state index in [0.29, 0.717) is 12.3 Å². The van der Waals surface area contributed by atoms with Crippen LogP contribution >= 0.6 is 0 Å². The van der Waals surface area contributed by atoms with Gasteiger partial charge in [-0.05, 0) is 25.0 Å². The Bertz CT molecular complexity index is 752. The van der Waals surface area contributed by atoms with Crippen LogP contribution in [0.2, 0.25) is 0 Å². The van der Waals surface area contributed by atoms with E-state index in [0.717, 1.165) is 17.7 Å². The van der Waals surface area contributed by atoms with E-state index < -0.39 is 15.7 Å². The van der Waals surface area contributed by atoms with Crippen molar-refractivity contribution in [3.63, 3.8) is 0 Å². The summed E-state index contributed by atoms with van der Waals surface area (Å²) in [6.45, 7) is 0.405. The molecule has 0 saturated heterocycles. The van der Waals surface area contributed by atoms with Gasteiger partial charge in [0, 0.05) is 23.2 Å². The molecule has 1 saturated carbocycles. The summed E-state index contributed by atoms with van der Waals surface area (Å²) in [5.41, 5.74) is -0.139. The van der Waals surface area contributed by atoms with Gasteiger partial charge in [0.1, 0.15) is 6.20 Å². The second-order valence-electron chi connectivity index (χ2n) is 5.39. The van der Waals surface area contributed by atoms with Crippen molar-refractivity contribution in [1.29, 1.82) is 0 Å². The lowest BCUT2D eigenvalue weighted by atomic mass is 10.4. The number of hydrogen-bond acceptors (Lipinski definition) is 7. The fourth-order valence-electron chi connectivity index (χ4n) is 2.07.